The number of nitro benzene ring substituents is 2. The first-order chi connectivity index (χ1) is 19.1. The first-order valence-corrected chi connectivity index (χ1v) is 13.2. The molecule has 0 bridgehead atoms. The van der Waals surface area contributed by atoms with E-state index in [4.69, 9.17) is 11.6 Å². The molecule has 0 aliphatic carbocycles. The summed E-state index contributed by atoms with van der Waals surface area (Å²) in [7, 11) is 0. The molecule has 5 rings (SSSR count). The van der Waals surface area contributed by atoms with Crippen LogP contribution in [-0.4, -0.2) is 52.7 Å². The highest BCUT2D eigenvalue weighted by Gasteiger charge is 2.33. The van der Waals surface area contributed by atoms with Gasteiger partial charge in [0, 0.05) is 59.8 Å². The zero-order chi connectivity index (χ0) is 28.6. The van der Waals surface area contributed by atoms with Crippen LogP contribution in [0.25, 0.3) is 0 Å². The molecule has 3 aromatic rings. The van der Waals surface area contributed by atoms with Gasteiger partial charge in [-0.05, 0) is 54.7 Å². The van der Waals surface area contributed by atoms with Gasteiger partial charge in [-0.25, -0.2) is 0 Å². The molecule has 3 aromatic carbocycles. The van der Waals surface area contributed by atoms with Crippen LogP contribution in [0, 0.1) is 20.2 Å². The van der Waals surface area contributed by atoms with Crippen molar-refractivity contribution in [2.45, 2.75) is 25.8 Å². The molecule has 0 saturated carbocycles. The van der Waals surface area contributed by atoms with Crippen molar-refractivity contribution in [2.24, 2.45) is 0 Å². The topological polar surface area (TPSA) is 130 Å². The fraction of sp³-hybridized carbons (Fsp3) is 0.286. The number of hydrogen-bond acceptors (Lipinski definition) is 7. The molecular formula is C28H26ClN5O6. The first kappa shape index (κ1) is 27.2. The molecule has 1 atom stereocenters. The molecule has 0 aromatic heterocycles. The minimum Gasteiger partial charge on any atom is -0.311 e. The molecule has 0 spiro atoms. The number of rotatable bonds is 8. The summed E-state index contributed by atoms with van der Waals surface area (Å²) in [5, 5.41) is 22.9. The Morgan fingerprint density at radius 1 is 0.850 bits per heavy atom. The second-order valence-electron chi connectivity index (χ2n) is 9.83. The normalized spacial score (nSPS) is 14.7. The van der Waals surface area contributed by atoms with Crippen LogP contribution < -0.4 is 9.80 Å². The number of nitro groups is 2. The number of amides is 2. The predicted molar refractivity (Wildman–Crippen MR) is 150 cm³/mol. The lowest BCUT2D eigenvalue weighted by Crippen LogP contribution is -2.46. The minimum absolute atomic E-state index is 0.0242. The largest absolute Gasteiger partial charge is 0.311 e. The SMILES string of the molecule is CC(c1ccccc1Cl)N(CC(=O)N1CCc2cc([N+](=O)[O-])ccc21)CC(=O)N1CCc2cc([N+](=O)[O-])ccc21. The van der Waals surface area contributed by atoms with Crippen molar-refractivity contribution < 1.29 is 19.4 Å². The summed E-state index contributed by atoms with van der Waals surface area (Å²) >= 11 is 6.48. The number of non-ortho nitro benzene ring substituents is 2. The van der Waals surface area contributed by atoms with Crippen LogP contribution in [0.2, 0.25) is 5.02 Å². The van der Waals surface area contributed by atoms with E-state index >= 15 is 0 Å². The Morgan fingerprint density at radius 3 is 1.77 bits per heavy atom. The number of fused-ring (bicyclic) bond motifs is 2. The third kappa shape index (κ3) is 5.25. The molecule has 0 fully saturated rings. The number of halogens is 1. The zero-order valence-electron chi connectivity index (χ0n) is 21.7. The summed E-state index contributed by atoms with van der Waals surface area (Å²) in [6.45, 7) is 2.47. The molecule has 2 aliphatic rings. The number of benzene rings is 3. The van der Waals surface area contributed by atoms with Crippen LogP contribution in [-0.2, 0) is 22.4 Å². The summed E-state index contributed by atoms with van der Waals surface area (Å²) in [5.41, 5.74) is 3.43. The Kier molecular flexibility index (Phi) is 7.51. The van der Waals surface area contributed by atoms with Crippen molar-refractivity contribution in [1.29, 1.82) is 0 Å². The van der Waals surface area contributed by atoms with Gasteiger partial charge in [0.2, 0.25) is 11.8 Å². The lowest BCUT2D eigenvalue weighted by atomic mass is 10.1. The number of anilines is 2. The molecule has 1 unspecified atom stereocenters. The molecule has 206 valence electrons. The van der Waals surface area contributed by atoms with Crippen molar-refractivity contribution in [3.05, 3.63) is 103 Å². The Hall–Kier alpha value is -4.35. The second kappa shape index (κ2) is 11.0. The van der Waals surface area contributed by atoms with Gasteiger partial charge in [0.25, 0.3) is 11.4 Å². The van der Waals surface area contributed by atoms with Gasteiger partial charge in [0.1, 0.15) is 0 Å². The van der Waals surface area contributed by atoms with E-state index in [1.165, 1.54) is 24.3 Å². The summed E-state index contributed by atoms with van der Waals surface area (Å²) < 4.78 is 0. The van der Waals surface area contributed by atoms with Gasteiger partial charge in [-0.3, -0.25) is 34.7 Å². The zero-order valence-corrected chi connectivity index (χ0v) is 22.4. The number of carbonyl (C=O) groups is 2. The van der Waals surface area contributed by atoms with Gasteiger partial charge < -0.3 is 9.80 Å². The highest BCUT2D eigenvalue weighted by molar-refractivity contribution is 6.31. The van der Waals surface area contributed by atoms with Gasteiger partial charge in [0.05, 0.1) is 22.9 Å². The average Bonchev–Trinajstić information content (AvgIpc) is 3.56. The summed E-state index contributed by atoms with van der Waals surface area (Å²) in [6.07, 6.45) is 0.997. The van der Waals surface area contributed by atoms with E-state index in [2.05, 4.69) is 0 Å². The summed E-state index contributed by atoms with van der Waals surface area (Å²) in [6, 6.07) is 15.8. The molecule has 0 radical (unpaired) electrons. The van der Waals surface area contributed by atoms with E-state index in [0.29, 0.717) is 42.3 Å². The Morgan fingerprint density at radius 2 is 1.32 bits per heavy atom. The maximum absolute atomic E-state index is 13.6. The number of carbonyl (C=O) groups excluding carboxylic acids is 2. The smallest absolute Gasteiger partial charge is 0.269 e. The van der Waals surface area contributed by atoms with Gasteiger partial charge in [0.15, 0.2) is 0 Å². The van der Waals surface area contributed by atoms with Gasteiger partial charge in [-0.2, -0.15) is 0 Å². The summed E-state index contributed by atoms with van der Waals surface area (Å²) in [5.74, 6) is -0.478. The predicted octanol–water partition coefficient (Wildman–Crippen LogP) is 4.70. The molecule has 2 heterocycles. The monoisotopic (exact) mass is 563 g/mol. The number of hydrogen-bond donors (Lipinski definition) is 0. The average molecular weight is 564 g/mol. The van der Waals surface area contributed by atoms with Crippen LogP contribution in [0.5, 0.6) is 0 Å². The Bertz CT molecular complexity index is 1440. The van der Waals surface area contributed by atoms with Crippen molar-refractivity contribution in [1.82, 2.24) is 4.90 Å². The highest BCUT2D eigenvalue weighted by atomic mass is 35.5. The van der Waals surface area contributed by atoms with Crippen molar-refractivity contribution in [3.63, 3.8) is 0 Å². The first-order valence-electron chi connectivity index (χ1n) is 12.8. The van der Waals surface area contributed by atoms with Crippen LogP contribution in [0.4, 0.5) is 22.7 Å². The third-order valence-corrected chi connectivity index (χ3v) is 7.86. The van der Waals surface area contributed by atoms with E-state index < -0.39 is 9.85 Å². The minimum atomic E-state index is -0.460. The fourth-order valence-corrected chi connectivity index (χ4v) is 5.67. The molecular weight excluding hydrogens is 538 g/mol. The van der Waals surface area contributed by atoms with Gasteiger partial charge in [-0.1, -0.05) is 29.8 Å². The van der Waals surface area contributed by atoms with E-state index in [9.17, 15) is 29.8 Å². The van der Waals surface area contributed by atoms with Gasteiger partial charge >= 0.3 is 0 Å². The number of nitrogens with zero attached hydrogens (tertiary/aromatic N) is 5. The molecule has 12 heteroatoms. The van der Waals surface area contributed by atoms with Gasteiger partial charge in [-0.15, -0.1) is 0 Å². The molecule has 2 aliphatic heterocycles. The Balaban J connectivity index is 1.39. The van der Waals surface area contributed by atoms with Crippen molar-refractivity contribution in [2.75, 3.05) is 36.0 Å². The van der Waals surface area contributed by atoms with E-state index in [1.54, 1.807) is 39.0 Å². The second-order valence-corrected chi connectivity index (χ2v) is 10.2. The van der Waals surface area contributed by atoms with Crippen LogP contribution in [0.3, 0.4) is 0 Å². The lowest BCUT2D eigenvalue weighted by Gasteiger charge is -2.32. The highest BCUT2D eigenvalue weighted by Crippen LogP contribution is 2.34. The quantitative estimate of drug-likeness (QED) is 0.287. The lowest BCUT2D eigenvalue weighted by molar-refractivity contribution is -0.385. The van der Waals surface area contributed by atoms with E-state index in [0.717, 1.165) is 16.7 Å². The molecule has 11 nitrogen and oxygen atoms in total. The van der Waals surface area contributed by atoms with Crippen LogP contribution in [0.1, 0.15) is 29.7 Å². The van der Waals surface area contributed by atoms with Crippen molar-refractivity contribution >= 4 is 46.2 Å². The maximum Gasteiger partial charge on any atom is 0.269 e. The van der Waals surface area contributed by atoms with E-state index in [1.807, 2.05) is 19.1 Å². The van der Waals surface area contributed by atoms with E-state index in [-0.39, 0.29) is 42.3 Å². The Labute approximate surface area is 234 Å². The fourth-order valence-electron chi connectivity index (χ4n) is 5.38. The molecule has 0 saturated heterocycles. The van der Waals surface area contributed by atoms with Crippen LogP contribution in [0.15, 0.2) is 60.7 Å². The molecule has 2 amide bonds. The third-order valence-electron chi connectivity index (χ3n) is 7.52. The van der Waals surface area contributed by atoms with Crippen molar-refractivity contribution in [3.8, 4) is 0 Å². The van der Waals surface area contributed by atoms with Crippen LogP contribution >= 0.6 is 11.6 Å². The standard InChI is InChI=1S/C28H26ClN5O6/c1-18(23-4-2-3-5-24(23)29)30(16-27(35)31-12-10-19-14-21(33(37)38)6-8-25(19)31)17-28(36)32-13-11-20-15-22(34(39)40)7-9-26(20)32/h2-9,14-15,18H,10-13,16-17H2,1H3. The maximum atomic E-state index is 13.6. The molecule has 40 heavy (non-hydrogen) atoms. The summed E-state index contributed by atoms with van der Waals surface area (Å²) in [4.78, 5) is 53.6. The molecule has 0 N–H and O–H groups in total.